The van der Waals surface area contributed by atoms with Gasteiger partial charge in [0.1, 0.15) is 5.75 Å². The zero-order valence-electron chi connectivity index (χ0n) is 12.7. The second kappa shape index (κ2) is 6.91. The minimum atomic E-state index is 0.213. The summed E-state index contributed by atoms with van der Waals surface area (Å²) in [5, 5.41) is 5.81. The van der Waals surface area contributed by atoms with Crippen LogP contribution in [0.4, 0.5) is 0 Å². The second-order valence-electron chi connectivity index (χ2n) is 5.10. The molecule has 0 saturated heterocycles. The zero-order valence-corrected chi connectivity index (χ0v) is 13.5. The summed E-state index contributed by atoms with van der Waals surface area (Å²) < 4.78 is 5.59. The Morgan fingerprint density at radius 1 is 1.25 bits per heavy atom. The monoisotopic (exact) mass is 289 g/mol. The molecular formula is C17H23NOS. The Labute approximate surface area is 125 Å². The van der Waals surface area contributed by atoms with Gasteiger partial charge in [0.25, 0.3) is 0 Å². The van der Waals surface area contributed by atoms with Crippen molar-refractivity contribution in [2.45, 2.75) is 33.2 Å². The standard InChI is InChI=1S/C17H23NOS/c1-5-9-18-16(17-13(3)8-10-20-17)14-7-6-12(2)11-15(14)19-4/h6-8,10-11,16,18H,5,9H2,1-4H3. The fraction of sp³-hybridized carbons (Fsp3) is 0.412. The highest BCUT2D eigenvalue weighted by Crippen LogP contribution is 2.34. The summed E-state index contributed by atoms with van der Waals surface area (Å²) in [6, 6.07) is 8.84. The molecule has 3 heteroatoms. The Kier molecular flexibility index (Phi) is 5.21. The number of thiophene rings is 1. The van der Waals surface area contributed by atoms with Crippen molar-refractivity contribution in [1.29, 1.82) is 0 Å². The van der Waals surface area contributed by atoms with Crippen LogP contribution in [0, 0.1) is 13.8 Å². The molecule has 2 rings (SSSR count). The lowest BCUT2D eigenvalue weighted by Crippen LogP contribution is -2.23. The van der Waals surface area contributed by atoms with Crippen LogP contribution in [0.15, 0.2) is 29.6 Å². The SMILES string of the molecule is CCCNC(c1ccc(C)cc1OC)c1sccc1C. The van der Waals surface area contributed by atoms with Crippen molar-refractivity contribution in [2.24, 2.45) is 0 Å². The van der Waals surface area contributed by atoms with Crippen molar-refractivity contribution >= 4 is 11.3 Å². The average molecular weight is 289 g/mol. The van der Waals surface area contributed by atoms with E-state index in [0.717, 1.165) is 18.7 Å². The third-order valence-corrected chi connectivity index (χ3v) is 4.55. The zero-order chi connectivity index (χ0) is 14.5. The Morgan fingerprint density at radius 3 is 2.65 bits per heavy atom. The molecule has 1 unspecified atom stereocenters. The Bertz CT molecular complexity index is 562. The molecule has 2 nitrogen and oxygen atoms in total. The first-order chi connectivity index (χ1) is 9.67. The molecule has 0 radical (unpaired) electrons. The van der Waals surface area contributed by atoms with Crippen LogP contribution < -0.4 is 10.1 Å². The molecule has 0 amide bonds. The lowest BCUT2D eigenvalue weighted by molar-refractivity contribution is 0.404. The highest BCUT2D eigenvalue weighted by atomic mass is 32.1. The third kappa shape index (κ3) is 3.22. The topological polar surface area (TPSA) is 21.3 Å². The number of aryl methyl sites for hydroxylation is 2. The van der Waals surface area contributed by atoms with E-state index >= 15 is 0 Å². The average Bonchev–Trinajstić information content (AvgIpc) is 2.86. The van der Waals surface area contributed by atoms with E-state index in [4.69, 9.17) is 4.74 Å². The summed E-state index contributed by atoms with van der Waals surface area (Å²) in [5.74, 6) is 0.964. The van der Waals surface area contributed by atoms with Crippen LogP contribution in [0.2, 0.25) is 0 Å². The summed E-state index contributed by atoms with van der Waals surface area (Å²) in [7, 11) is 1.75. The molecule has 1 atom stereocenters. The number of ether oxygens (including phenoxy) is 1. The van der Waals surface area contributed by atoms with E-state index in [1.807, 2.05) is 11.3 Å². The van der Waals surface area contributed by atoms with Gasteiger partial charge in [0.15, 0.2) is 0 Å². The fourth-order valence-corrected chi connectivity index (χ4v) is 3.39. The maximum Gasteiger partial charge on any atom is 0.124 e. The van der Waals surface area contributed by atoms with Gasteiger partial charge in [-0.15, -0.1) is 11.3 Å². The molecule has 1 heterocycles. The van der Waals surface area contributed by atoms with Crippen LogP contribution in [0.1, 0.15) is 41.0 Å². The minimum Gasteiger partial charge on any atom is -0.496 e. The summed E-state index contributed by atoms with van der Waals surface area (Å²) in [5.41, 5.74) is 3.78. The van der Waals surface area contributed by atoms with E-state index in [9.17, 15) is 0 Å². The Morgan fingerprint density at radius 2 is 2.05 bits per heavy atom. The first kappa shape index (κ1) is 15.1. The van der Waals surface area contributed by atoms with E-state index in [-0.39, 0.29) is 6.04 Å². The smallest absolute Gasteiger partial charge is 0.124 e. The maximum atomic E-state index is 5.59. The highest BCUT2D eigenvalue weighted by Gasteiger charge is 2.20. The molecule has 0 saturated carbocycles. The van der Waals surface area contributed by atoms with Crippen molar-refractivity contribution in [3.8, 4) is 5.75 Å². The number of nitrogens with one attached hydrogen (secondary N) is 1. The predicted octanol–water partition coefficient (Wildman–Crippen LogP) is 4.46. The summed E-state index contributed by atoms with van der Waals surface area (Å²) in [4.78, 5) is 1.38. The third-order valence-electron chi connectivity index (χ3n) is 3.46. The van der Waals surface area contributed by atoms with Gasteiger partial charge in [-0.2, -0.15) is 0 Å². The lowest BCUT2D eigenvalue weighted by Gasteiger charge is -2.21. The second-order valence-corrected chi connectivity index (χ2v) is 6.05. The molecule has 1 aromatic heterocycles. The maximum absolute atomic E-state index is 5.59. The highest BCUT2D eigenvalue weighted by molar-refractivity contribution is 7.10. The first-order valence-corrected chi connectivity index (χ1v) is 7.97. The van der Waals surface area contributed by atoms with Crippen molar-refractivity contribution in [1.82, 2.24) is 5.32 Å². The molecule has 0 aliphatic rings. The minimum absolute atomic E-state index is 0.213. The van der Waals surface area contributed by atoms with Gasteiger partial charge < -0.3 is 10.1 Å². The number of methoxy groups -OCH3 is 1. The van der Waals surface area contributed by atoms with Crippen molar-refractivity contribution in [3.63, 3.8) is 0 Å². The summed E-state index contributed by atoms with van der Waals surface area (Å²) >= 11 is 1.81. The molecular weight excluding hydrogens is 266 g/mol. The van der Waals surface area contributed by atoms with Gasteiger partial charge >= 0.3 is 0 Å². The van der Waals surface area contributed by atoms with E-state index in [2.05, 4.69) is 55.7 Å². The van der Waals surface area contributed by atoms with Gasteiger partial charge in [0.05, 0.1) is 13.2 Å². The lowest BCUT2D eigenvalue weighted by atomic mass is 10.00. The predicted molar refractivity (Wildman–Crippen MR) is 86.9 cm³/mol. The van der Waals surface area contributed by atoms with Gasteiger partial charge in [-0.25, -0.2) is 0 Å². The Balaban J connectivity index is 2.43. The van der Waals surface area contributed by atoms with E-state index in [0.29, 0.717) is 0 Å². The molecule has 20 heavy (non-hydrogen) atoms. The Hall–Kier alpha value is -1.32. The molecule has 0 aliphatic carbocycles. The van der Waals surface area contributed by atoms with Gasteiger partial charge in [0.2, 0.25) is 0 Å². The van der Waals surface area contributed by atoms with Gasteiger partial charge in [0, 0.05) is 10.4 Å². The molecule has 0 spiro atoms. The molecule has 2 aromatic rings. The number of hydrogen-bond donors (Lipinski definition) is 1. The van der Waals surface area contributed by atoms with Crippen molar-refractivity contribution in [3.05, 3.63) is 51.2 Å². The van der Waals surface area contributed by atoms with E-state index in [1.165, 1.54) is 21.6 Å². The van der Waals surface area contributed by atoms with Crippen LogP contribution in [0.25, 0.3) is 0 Å². The van der Waals surface area contributed by atoms with Crippen molar-refractivity contribution in [2.75, 3.05) is 13.7 Å². The molecule has 108 valence electrons. The van der Waals surface area contributed by atoms with Crippen molar-refractivity contribution < 1.29 is 4.74 Å². The largest absolute Gasteiger partial charge is 0.496 e. The van der Waals surface area contributed by atoms with Gasteiger partial charge in [-0.3, -0.25) is 0 Å². The number of benzene rings is 1. The van der Waals surface area contributed by atoms with Crippen LogP contribution in [-0.2, 0) is 0 Å². The van der Waals surface area contributed by atoms with E-state index < -0.39 is 0 Å². The van der Waals surface area contributed by atoms with Gasteiger partial charge in [-0.1, -0.05) is 19.1 Å². The van der Waals surface area contributed by atoms with Crippen LogP contribution in [-0.4, -0.2) is 13.7 Å². The number of rotatable bonds is 6. The van der Waals surface area contributed by atoms with E-state index in [1.54, 1.807) is 7.11 Å². The van der Waals surface area contributed by atoms with Crippen LogP contribution in [0.3, 0.4) is 0 Å². The first-order valence-electron chi connectivity index (χ1n) is 7.09. The van der Waals surface area contributed by atoms with Gasteiger partial charge in [-0.05, 0) is 55.5 Å². The summed E-state index contributed by atoms with van der Waals surface area (Å²) in [6.45, 7) is 7.46. The quantitative estimate of drug-likeness (QED) is 0.847. The fourth-order valence-electron chi connectivity index (χ4n) is 2.37. The number of hydrogen-bond acceptors (Lipinski definition) is 3. The molecule has 1 N–H and O–H groups in total. The van der Waals surface area contributed by atoms with Crippen LogP contribution in [0.5, 0.6) is 5.75 Å². The summed E-state index contributed by atoms with van der Waals surface area (Å²) in [6.07, 6.45) is 1.12. The van der Waals surface area contributed by atoms with Crippen LogP contribution >= 0.6 is 11.3 Å². The molecule has 1 aromatic carbocycles. The molecule has 0 fully saturated rings. The molecule has 0 bridgehead atoms. The molecule has 0 aliphatic heterocycles. The normalized spacial score (nSPS) is 12.4.